The molecule has 2 atom stereocenters. The van der Waals surface area contributed by atoms with Crippen molar-refractivity contribution in [2.75, 3.05) is 5.73 Å². The Bertz CT molecular complexity index is 485. The average Bonchev–Trinajstić information content (AvgIpc) is 2.40. The van der Waals surface area contributed by atoms with Gasteiger partial charge in [-0.2, -0.15) is 0 Å². The van der Waals surface area contributed by atoms with Gasteiger partial charge >= 0.3 is 11.9 Å². The number of hydrogen-bond donors (Lipinski definition) is 3. The van der Waals surface area contributed by atoms with Crippen LogP contribution in [0.1, 0.15) is 25.8 Å². The van der Waals surface area contributed by atoms with E-state index < -0.39 is 24.0 Å². The van der Waals surface area contributed by atoms with E-state index in [0.29, 0.717) is 12.1 Å². The van der Waals surface area contributed by atoms with Gasteiger partial charge < -0.3 is 21.9 Å². The summed E-state index contributed by atoms with van der Waals surface area (Å²) in [5.74, 6) is -1.26. The lowest BCUT2D eigenvalue weighted by atomic mass is 10.0. The zero-order valence-electron chi connectivity index (χ0n) is 12.4. The summed E-state index contributed by atoms with van der Waals surface area (Å²) in [5, 5.41) is 0. The van der Waals surface area contributed by atoms with Crippen molar-refractivity contribution >= 4 is 17.6 Å². The third kappa shape index (κ3) is 5.93. The molecule has 0 saturated heterocycles. The second-order valence-electron chi connectivity index (χ2n) is 5.53. The Balaban J connectivity index is 2.50. The predicted octanol–water partition coefficient (Wildman–Crippen LogP) is 0.582. The van der Waals surface area contributed by atoms with E-state index in [1.54, 1.807) is 24.3 Å². The average molecular weight is 293 g/mol. The monoisotopic (exact) mass is 293 g/mol. The van der Waals surface area contributed by atoms with Gasteiger partial charge in [0, 0.05) is 5.69 Å². The van der Waals surface area contributed by atoms with Crippen molar-refractivity contribution in [3.63, 3.8) is 0 Å². The molecule has 0 fully saturated rings. The van der Waals surface area contributed by atoms with Crippen molar-refractivity contribution in [2.24, 2.45) is 17.4 Å². The van der Waals surface area contributed by atoms with Gasteiger partial charge in [-0.25, -0.2) is 9.59 Å². The smallest absolute Gasteiger partial charge is 0.330 e. The third-order valence-corrected chi connectivity index (χ3v) is 2.97. The van der Waals surface area contributed by atoms with Gasteiger partial charge in [-0.15, -0.1) is 0 Å². The number of nitrogen functional groups attached to an aromatic ring is 1. The van der Waals surface area contributed by atoms with Crippen molar-refractivity contribution in [1.29, 1.82) is 0 Å². The van der Waals surface area contributed by atoms with Crippen molar-refractivity contribution in [3.05, 3.63) is 29.8 Å². The molecule has 116 valence electrons. The van der Waals surface area contributed by atoms with Crippen molar-refractivity contribution in [3.8, 4) is 0 Å². The van der Waals surface area contributed by atoms with Gasteiger partial charge in [-0.05, 0) is 36.5 Å². The van der Waals surface area contributed by atoms with Crippen molar-refractivity contribution < 1.29 is 14.3 Å². The first kappa shape index (κ1) is 17.1. The maximum absolute atomic E-state index is 11.8. The predicted molar refractivity (Wildman–Crippen MR) is 81.1 cm³/mol. The lowest BCUT2D eigenvalue weighted by molar-refractivity contribution is -0.161. The molecule has 0 aromatic heterocycles. The quantitative estimate of drug-likeness (QED) is 0.401. The molecule has 0 aliphatic carbocycles. The lowest BCUT2D eigenvalue weighted by Crippen LogP contribution is -2.41. The normalized spacial score (nSPS) is 13.8. The third-order valence-electron chi connectivity index (χ3n) is 2.97. The number of benzene rings is 1. The molecular weight excluding hydrogens is 270 g/mol. The Hall–Kier alpha value is -1.92. The molecular formula is C15H23N3O3. The number of carbonyl (C=O) groups is 2. The summed E-state index contributed by atoms with van der Waals surface area (Å²) < 4.78 is 4.72. The first-order valence-corrected chi connectivity index (χ1v) is 6.90. The van der Waals surface area contributed by atoms with Gasteiger partial charge in [0.25, 0.3) is 0 Å². The fourth-order valence-corrected chi connectivity index (χ4v) is 1.85. The van der Waals surface area contributed by atoms with Crippen LogP contribution in [0.2, 0.25) is 0 Å². The Morgan fingerprint density at radius 2 is 1.57 bits per heavy atom. The van der Waals surface area contributed by atoms with E-state index in [4.69, 9.17) is 21.9 Å². The van der Waals surface area contributed by atoms with Crippen LogP contribution in [-0.2, 0) is 20.7 Å². The SMILES string of the molecule is CC(C)C[C@H](N)C(=O)OC(=O)[C@@H](N)Cc1ccc(N)cc1. The molecule has 0 radical (unpaired) electrons. The molecule has 0 heterocycles. The minimum absolute atomic E-state index is 0.242. The molecule has 0 amide bonds. The Morgan fingerprint density at radius 1 is 1.05 bits per heavy atom. The molecule has 6 N–H and O–H groups in total. The maximum Gasteiger partial charge on any atom is 0.330 e. The molecule has 0 saturated carbocycles. The molecule has 0 unspecified atom stereocenters. The highest BCUT2D eigenvalue weighted by Crippen LogP contribution is 2.09. The number of nitrogens with two attached hydrogens (primary N) is 3. The zero-order valence-corrected chi connectivity index (χ0v) is 12.4. The number of rotatable bonds is 6. The van der Waals surface area contributed by atoms with E-state index in [2.05, 4.69) is 0 Å². The van der Waals surface area contributed by atoms with Crippen LogP contribution in [0, 0.1) is 5.92 Å². The highest BCUT2D eigenvalue weighted by molar-refractivity contribution is 5.90. The van der Waals surface area contributed by atoms with Gasteiger partial charge in [0.1, 0.15) is 12.1 Å². The van der Waals surface area contributed by atoms with E-state index >= 15 is 0 Å². The van der Waals surface area contributed by atoms with Crippen LogP contribution in [0.25, 0.3) is 0 Å². The maximum atomic E-state index is 11.8. The van der Waals surface area contributed by atoms with Gasteiger partial charge in [0.2, 0.25) is 0 Å². The standard InChI is InChI=1S/C15H23N3O3/c1-9(2)7-12(17)14(19)21-15(20)13(18)8-10-3-5-11(16)6-4-10/h3-6,9,12-13H,7-8,16-18H2,1-2H3/t12-,13-/m0/s1. The minimum Gasteiger partial charge on any atom is -0.399 e. The van der Waals surface area contributed by atoms with E-state index in [-0.39, 0.29) is 12.3 Å². The lowest BCUT2D eigenvalue weighted by Gasteiger charge is -2.15. The molecule has 1 rings (SSSR count). The van der Waals surface area contributed by atoms with Crippen LogP contribution >= 0.6 is 0 Å². The van der Waals surface area contributed by atoms with Gasteiger partial charge in [0.15, 0.2) is 0 Å². The van der Waals surface area contributed by atoms with Crippen LogP contribution in [0.5, 0.6) is 0 Å². The molecule has 6 heteroatoms. The Morgan fingerprint density at radius 3 is 2.10 bits per heavy atom. The highest BCUT2D eigenvalue weighted by Gasteiger charge is 2.23. The summed E-state index contributed by atoms with van der Waals surface area (Å²) in [6.07, 6.45) is 0.727. The second-order valence-corrected chi connectivity index (χ2v) is 5.53. The van der Waals surface area contributed by atoms with Crippen molar-refractivity contribution in [1.82, 2.24) is 0 Å². The van der Waals surface area contributed by atoms with E-state index in [1.165, 1.54) is 0 Å². The number of hydrogen-bond acceptors (Lipinski definition) is 6. The zero-order chi connectivity index (χ0) is 16.0. The van der Waals surface area contributed by atoms with Gasteiger partial charge in [-0.1, -0.05) is 26.0 Å². The first-order valence-electron chi connectivity index (χ1n) is 6.90. The van der Waals surface area contributed by atoms with Gasteiger partial charge in [0.05, 0.1) is 0 Å². The van der Waals surface area contributed by atoms with Crippen LogP contribution < -0.4 is 17.2 Å². The Kier molecular flexibility index (Phi) is 6.33. The second kappa shape index (κ2) is 7.75. The number of carbonyl (C=O) groups excluding carboxylic acids is 2. The molecule has 0 bridgehead atoms. The summed E-state index contributed by atoms with van der Waals surface area (Å²) in [4.78, 5) is 23.4. The molecule has 1 aromatic rings. The summed E-state index contributed by atoms with van der Waals surface area (Å²) in [6, 6.07) is 5.26. The van der Waals surface area contributed by atoms with Gasteiger partial charge in [-0.3, -0.25) is 0 Å². The summed E-state index contributed by atoms with van der Waals surface area (Å²) >= 11 is 0. The van der Waals surface area contributed by atoms with E-state index in [0.717, 1.165) is 5.56 Å². The van der Waals surface area contributed by atoms with E-state index in [9.17, 15) is 9.59 Å². The molecule has 1 aromatic carbocycles. The molecule has 0 aliphatic rings. The number of ether oxygens (including phenoxy) is 1. The fourth-order valence-electron chi connectivity index (χ4n) is 1.85. The van der Waals surface area contributed by atoms with Crippen LogP contribution in [0.3, 0.4) is 0 Å². The first-order chi connectivity index (χ1) is 9.79. The highest BCUT2D eigenvalue weighted by atomic mass is 16.6. The molecule has 21 heavy (non-hydrogen) atoms. The minimum atomic E-state index is -0.913. The molecule has 6 nitrogen and oxygen atoms in total. The largest absolute Gasteiger partial charge is 0.399 e. The van der Waals surface area contributed by atoms with Crippen LogP contribution in [0.4, 0.5) is 5.69 Å². The number of esters is 2. The molecule has 0 aliphatic heterocycles. The van der Waals surface area contributed by atoms with Crippen molar-refractivity contribution in [2.45, 2.75) is 38.8 Å². The van der Waals surface area contributed by atoms with E-state index in [1.807, 2.05) is 13.8 Å². The fraction of sp³-hybridized carbons (Fsp3) is 0.467. The topological polar surface area (TPSA) is 121 Å². The van der Waals surface area contributed by atoms with Crippen LogP contribution in [-0.4, -0.2) is 24.0 Å². The molecule has 0 spiro atoms. The summed E-state index contributed by atoms with van der Waals surface area (Å²) in [5.41, 5.74) is 18.4. The summed E-state index contributed by atoms with van der Waals surface area (Å²) in [7, 11) is 0. The Labute approximate surface area is 124 Å². The number of anilines is 1. The summed E-state index contributed by atoms with van der Waals surface area (Å²) in [6.45, 7) is 3.86. The van der Waals surface area contributed by atoms with Crippen LogP contribution in [0.15, 0.2) is 24.3 Å².